The normalized spacial score (nSPS) is 11.4. The van der Waals surface area contributed by atoms with Gasteiger partial charge in [-0.3, -0.25) is 14.5 Å². The van der Waals surface area contributed by atoms with Gasteiger partial charge in [-0.15, -0.1) is 11.3 Å². The van der Waals surface area contributed by atoms with Gasteiger partial charge in [0.15, 0.2) is 0 Å². The van der Waals surface area contributed by atoms with Gasteiger partial charge in [0.1, 0.15) is 10.5 Å². The monoisotopic (exact) mass is 294 g/mol. The van der Waals surface area contributed by atoms with Crippen LogP contribution in [-0.4, -0.2) is 40.4 Å². The summed E-state index contributed by atoms with van der Waals surface area (Å²) in [5.74, 6) is 0.530. The first-order valence-electron chi connectivity index (χ1n) is 6.40. The van der Waals surface area contributed by atoms with E-state index in [4.69, 9.17) is 0 Å². The minimum absolute atomic E-state index is 0.0403. The third-order valence-corrected chi connectivity index (χ3v) is 3.55. The molecule has 0 aliphatic carbocycles. The molecule has 6 nitrogen and oxygen atoms in total. The first-order chi connectivity index (χ1) is 9.45. The number of thiophene rings is 1. The number of aromatic amines is 1. The van der Waals surface area contributed by atoms with Crippen LogP contribution in [0, 0.1) is 0 Å². The number of H-pyrrole nitrogens is 1. The minimum atomic E-state index is -0.125. The first kappa shape index (κ1) is 14.7. The Bertz CT molecular complexity index is 662. The van der Waals surface area contributed by atoms with E-state index in [0.717, 1.165) is 0 Å². The highest BCUT2D eigenvalue weighted by molar-refractivity contribution is 7.17. The first-order valence-corrected chi connectivity index (χ1v) is 7.28. The number of carbonyl (C=O) groups excluding carboxylic acids is 1. The highest BCUT2D eigenvalue weighted by Crippen LogP contribution is 2.13. The SMILES string of the molecule is CC(C)NC(=O)CN(C)Cc1nc2ccsc2c(=O)[nH]1. The number of hydrogen-bond acceptors (Lipinski definition) is 5. The summed E-state index contributed by atoms with van der Waals surface area (Å²) in [6.07, 6.45) is 0. The van der Waals surface area contributed by atoms with Crippen molar-refractivity contribution in [3.63, 3.8) is 0 Å². The van der Waals surface area contributed by atoms with Crippen LogP contribution in [0.4, 0.5) is 0 Å². The van der Waals surface area contributed by atoms with E-state index in [1.807, 2.05) is 37.2 Å². The fourth-order valence-corrected chi connectivity index (χ4v) is 2.65. The fourth-order valence-electron chi connectivity index (χ4n) is 1.92. The molecule has 2 rings (SSSR count). The maximum atomic E-state index is 11.8. The van der Waals surface area contributed by atoms with Gasteiger partial charge in [-0.2, -0.15) is 0 Å². The molecule has 0 fully saturated rings. The van der Waals surface area contributed by atoms with Crippen LogP contribution < -0.4 is 10.9 Å². The molecule has 2 aromatic rings. The highest BCUT2D eigenvalue weighted by Gasteiger charge is 2.11. The molecule has 20 heavy (non-hydrogen) atoms. The largest absolute Gasteiger partial charge is 0.353 e. The van der Waals surface area contributed by atoms with Gasteiger partial charge in [-0.05, 0) is 32.3 Å². The Labute approximate surface area is 120 Å². The second-order valence-electron chi connectivity index (χ2n) is 5.04. The Hall–Kier alpha value is -1.73. The lowest BCUT2D eigenvalue weighted by molar-refractivity contribution is -0.122. The van der Waals surface area contributed by atoms with Crippen LogP contribution in [0.2, 0.25) is 0 Å². The van der Waals surface area contributed by atoms with Crippen LogP contribution >= 0.6 is 11.3 Å². The third-order valence-electron chi connectivity index (χ3n) is 2.65. The number of fused-ring (bicyclic) bond motifs is 1. The van der Waals surface area contributed by atoms with Gasteiger partial charge >= 0.3 is 0 Å². The number of nitrogens with zero attached hydrogens (tertiary/aromatic N) is 2. The van der Waals surface area contributed by atoms with Crippen LogP contribution in [0.3, 0.4) is 0 Å². The van der Waals surface area contributed by atoms with Gasteiger partial charge < -0.3 is 10.3 Å². The molecule has 2 heterocycles. The van der Waals surface area contributed by atoms with E-state index in [1.165, 1.54) is 11.3 Å². The van der Waals surface area contributed by atoms with Crippen LogP contribution in [0.1, 0.15) is 19.7 Å². The van der Waals surface area contributed by atoms with Crippen molar-refractivity contribution in [3.05, 3.63) is 27.6 Å². The summed E-state index contributed by atoms with van der Waals surface area (Å²) in [7, 11) is 1.82. The smallest absolute Gasteiger partial charge is 0.268 e. The van der Waals surface area contributed by atoms with E-state index < -0.39 is 0 Å². The summed E-state index contributed by atoms with van der Waals surface area (Å²) >= 11 is 1.38. The molecule has 7 heteroatoms. The quantitative estimate of drug-likeness (QED) is 0.860. The summed E-state index contributed by atoms with van der Waals surface area (Å²) in [6, 6.07) is 1.94. The number of nitrogens with one attached hydrogen (secondary N) is 2. The molecule has 0 aliphatic rings. The van der Waals surface area contributed by atoms with E-state index in [2.05, 4.69) is 15.3 Å². The number of hydrogen-bond donors (Lipinski definition) is 2. The zero-order chi connectivity index (χ0) is 14.7. The average Bonchev–Trinajstić information content (AvgIpc) is 2.75. The Morgan fingerprint density at radius 1 is 1.55 bits per heavy atom. The van der Waals surface area contributed by atoms with Crippen LogP contribution in [-0.2, 0) is 11.3 Å². The number of amides is 1. The van der Waals surface area contributed by atoms with Crippen molar-refractivity contribution in [3.8, 4) is 0 Å². The van der Waals surface area contributed by atoms with Crippen LogP contribution in [0.25, 0.3) is 10.2 Å². The average molecular weight is 294 g/mol. The van der Waals surface area contributed by atoms with E-state index in [9.17, 15) is 9.59 Å². The van der Waals surface area contributed by atoms with Gasteiger partial charge in [0.25, 0.3) is 5.56 Å². The van der Waals surface area contributed by atoms with Gasteiger partial charge in [0.05, 0.1) is 18.6 Å². The van der Waals surface area contributed by atoms with E-state index in [1.54, 1.807) is 0 Å². The van der Waals surface area contributed by atoms with Gasteiger partial charge in [0.2, 0.25) is 5.91 Å². The number of likely N-dealkylation sites (N-methyl/N-ethyl adjacent to an activating group) is 1. The van der Waals surface area contributed by atoms with Crippen molar-refractivity contribution in [1.82, 2.24) is 20.2 Å². The molecule has 0 unspecified atom stereocenters. The van der Waals surface area contributed by atoms with Gasteiger partial charge in [-0.1, -0.05) is 0 Å². The molecule has 0 aliphatic heterocycles. The molecule has 0 saturated carbocycles. The molecule has 0 spiro atoms. The van der Waals surface area contributed by atoms with Crippen molar-refractivity contribution in [1.29, 1.82) is 0 Å². The molecule has 0 aromatic carbocycles. The Kier molecular flexibility index (Phi) is 4.51. The number of aromatic nitrogens is 2. The molecule has 0 bridgehead atoms. The third kappa shape index (κ3) is 3.64. The molecule has 0 atom stereocenters. The van der Waals surface area contributed by atoms with E-state index in [-0.39, 0.29) is 24.1 Å². The summed E-state index contributed by atoms with van der Waals surface area (Å²) in [5, 5.41) is 4.67. The zero-order valence-corrected chi connectivity index (χ0v) is 12.6. The van der Waals surface area contributed by atoms with Crippen LogP contribution in [0.15, 0.2) is 16.2 Å². The highest BCUT2D eigenvalue weighted by atomic mass is 32.1. The van der Waals surface area contributed by atoms with Crippen molar-refractivity contribution in [2.45, 2.75) is 26.4 Å². The lowest BCUT2D eigenvalue weighted by atomic mass is 10.3. The lowest BCUT2D eigenvalue weighted by Gasteiger charge is -2.16. The lowest BCUT2D eigenvalue weighted by Crippen LogP contribution is -2.38. The van der Waals surface area contributed by atoms with Crippen molar-refractivity contribution < 1.29 is 4.79 Å². The predicted molar refractivity (Wildman–Crippen MR) is 79.9 cm³/mol. The zero-order valence-electron chi connectivity index (χ0n) is 11.8. The fraction of sp³-hybridized carbons (Fsp3) is 0.462. The second-order valence-corrected chi connectivity index (χ2v) is 5.96. The van der Waals surface area contributed by atoms with Crippen molar-refractivity contribution >= 4 is 27.5 Å². The Morgan fingerprint density at radius 2 is 2.30 bits per heavy atom. The molecule has 0 radical (unpaired) electrons. The number of carbonyl (C=O) groups is 1. The standard InChI is InChI=1S/C13H18N4O2S/c1-8(2)14-11(18)7-17(3)6-10-15-9-4-5-20-12(9)13(19)16-10/h4-5,8H,6-7H2,1-3H3,(H,14,18)(H,15,16,19). The maximum absolute atomic E-state index is 11.8. The van der Waals surface area contributed by atoms with Gasteiger partial charge in [-0.25, -0.2) is 4.98 Å². The van der Waals surface area contributed by atoms with E-state index in [0.29, 0.717) is 22.6 Å². The molecule has 108 valence electrons. The minimum Gasteiger partial charge on any atom is -0.353 e. The molecular formula is C13H18N4O2S. The van der Waals surface area contributed by atoms with Gasteiger partial charge in [0, 0.05) is 6.04 Å². The molecule has 2 aromatic heterocycles. The number of rotatable bonds is 5. The maximum Gasteiger partial charge on any atom is 0.268 e. The molecule has 1 amide bonds. The second kappa shape index (κ2) is 6.15. The summed E-state index contributed by atoms with van der Waals surface area (Å²) in [5.41, 5.74) is 0.578. The summed E-state index contributed by atoms with van der Waals surface area (Å²) < 4.78 is 0.633. The predicted octanol–water partition coefficient (Wildman–Crippen LogP) is 0.941. The van der Waals surface area contributed by atoms with Crippen molar-refractivity contribution in [2.24, 2.45) is 0 Å². The van der Waals surface area contributed by atoms with E-state index >= 15 is 0 Å². The van der Waals surface area contributed by atoms with Crippen molar-refractivity contribution in [2.75, 3.05) is 13.6 Å². The van der Waals surface area contributed by atoms with Crippen LogP contribution in [0.5, 0.6) is 0 Å². The molecule has 2 N–H and O–H groups in total. The molecular weight excluding hydrogens is 276 g/mol. The topological polar surface area (TPSA) is 78.1 Å². The molecule has 0 saturated heterocycles. The summed E-state index contributed by atoms with van der Waals surface area (Å²) in [6.45, 7) is 4.53. The summed E-state index contributed by atoms with van der Waals surface area (Å²) in [4.78, 5) is 32.4. The Balaban J connectivity index is 2.04. The Morgan fingerprint density at radius 3 is 3.00 bits per heavy atom.